The summed E-state index contributed by atoms with van der Waals surface area (Å²) in [6, 6.07) is 12.9. The van der Waals surface area contributed by atoms with Crippen molar-refractivity contribution in [3.63, 3.8) is 0 Å². The average molecular weight is 333 g/mol. The Morgan fingerprint density at radius 1 is 1.25 bits per heavy atom. The minimum absolute atomic E-state index is 0.279. The lowest BCUT2D eigenvalue weighted by Gasteiger charge is -2.25. The molecule has 0 aliphatic carbocycles. The summed E-state index contributed by atoms with van der Waals surface area (Å²) in [7, 11) is 0. The Bertz CT molecular complexity index is 554. The summed E-state index contributed by atoms with van der Waals surface area (Å²) < 4.78 is 1.15. The number of halogens is 1. The Morgan fingerprint density at radius 2 is 2.05 bits per heavy atom. The zero-order valence-corrected chi connectivity index (χ0v) is 13.8. The zero-order valence-electron chi connectivity index (χ0n) is 12.2. The number of hydrogen-bond acceptors (Lipinski definition) is 2. The van der Waals surface area contributed by atoms with Gasteiger partial charge in [-0.1, -0.05) is 48.0 Å². The van der Waals surface area contributed by atoms with Crippen LogP contribution in [0.3, 0.4) is 0 Å². The van der Waals surface area contributed by atoms with Crippen LogP contribution < -0.4 is 5.32 Å². The van der Waals surface area contributed by atoms with Crippen LogP contribution in [0.5, 0.6) is 0 Å². The van der Waals surface area contributed by atoms with Gasteiger partial charge in [-0.2, -0.15) is 0 Å². The number of aryl methyl sites for hydroxylation is 1. The summed E-state index contributed by atoms with van der Waals surface area (Å²) in [6.07, 6.45) is 1.86. The lowest BCUT2D eigenvalue weighted by Crippen LogP contribution is -2.26. The van der Waals surface area contributed by atoms with E-state index >= 15 is 0 Å². The first-order valence-electron chi connectivity index (χ1n) is 7.03. The maximum atomic E-state index is 4.50. The Morgan fingerprint density at radius 3 is 2.65 bits per heavy atom. The minimum Gasteiger partial charge on any atom is -0.310 e. The quantitative estimate of drug-likeness (QED) is 0.864. The van der Waals surface area contributed by atoms with Gasteiger partial charge in [0.25, 0.3) is 0 Å². The maximum Gasteiger partial charge on any atom is 0.0450 e. The smallest absolute Gasteiger partial charge is 0.0450 e. The van der Waals surface area contributed by atoms with E-state index in [9.17, 15) is 0 Å². The molecule has 0 bridgehead atoms. The molecule has 0 amide bonds. The molecule has 106 valence electrons. The van der Waals surface area contributed by atoms with Crippen molar-refractivity contribution in [2.24, 2.45) is 0 Å². The molecule has 2 atom stereocenters. The van der Waals surface area contributed by atoms with Crippen LogP contribution in [0.1, 0.15) is 42.6 Å². The number of hydrogen-bond donors (Lipinski definition) is 1. The van der Waals surface area contributed by atoms with Crippen LogP contribution >= 0.6 is 15.9 Å². The Labute approximate surface area is 129 Å². The summed E-state index contributed by atoms with van der Waals surface area (Å²) >= 11 is 3.57. The summed E-state index contributed by atoms with van der Waals surface area (Å²) in [5.41, 5.74) is 3.70. The number of pyridine rings is 1. The molecule has 20 heavy (non-hydrogen) atoms. The van der Waals surface area contributed by atoms with Gasteiger partial charge in [0, 0.05) is 28.3 Å². The molecule has 3 heteroatoms. The normalized spacial score (nSPS) is 14.0. The topological polar surface area (TPSA) is 24.9 Å². The first-order valence-corrected chi connectivity index (χ1v) is 7.83. The monoisotopic (exact) mass is 332 g/mol. The molecule has 2 unspecified atom stereocenters. The highest BCUT2D eigenvalue weighted by Gasteiger charge is 2.21. The molecule has 0 saturated carbocycles. The number of aromatic nitrogens is 1. The van der Waals surface area contributed by atoms with E-state index < -0.39 is 0 Å². The van der Waals surface area contributed by atoms with Gasteiger partial charge in [-0.15, -0.1) is 0 Å². The molecule has 2 nitrogen and oxygen atoms in total. The number of nitrogens with one attached hydrogen (secondary N) is 1. The van der Waals surface area contributed by atoms with Gasteiger partial charge < -0.3 is 5.32 Å². The van der Waals surface area contributed by atoms with Crippen molar-refractivity contribution in [1.29, 1.82) is 0 Å². The van der Waals surface area contributed by atoms with Gasteiger partial charge >= 0.3 is 0 Å². The number of nitrogens with zero attached hydrogens (tertiary/aromatic N) is 1. The van der Waals surface area contributed by atoms with E-state index in [-0.39, 0.29) is 6.04 Å². The summed E-state index contributed by atoms with van der Waals surface area (Å²) in [5.74, 6) is 0.330. The molecule has 1 aromatic carbocycles. The van der Waals surface area contributed by atoms with Crippen molar-refractivity contribution in [3.8, 4) is 0 Å². The van der Waals surface area contributed by atoms with E-state index in [0.29, 0.717) is 5.92 Å². The SMILES string of the molecule is CCNC(c1ccc(Br)c(C)c1)C(C)c1ccccn1. The lowest BCUT2D eigenvalue weighted by molar-refractivity contribution is 0.472. The number of rotatable bonds is 5. The highest BCUT2D eigenvalue weighted by molar-refractivity contribution is 9.10. The fraction of sp³-hybridized carbons (Fsp3) is 0.353. The second-order valence-electron chi connectivity index (χ2n) is 5.09. The zero-order chi connectivity index (χ0) is 14.5. The minimum atomic E-state index is 0.279. The Balaban J connectivity index is 2.33. The molecule has 0 aliphatic rings. The fourth-order valence-corrected chi connectivity index (χ4v) is 2.73. The van der Waals surface area contributed by atoms with E-state index in [0.717, 1.165) is 16.7 Å². The Hall–Kier alpha value is -1.19. The molecular formula is C17H21BrN2. The van der Waals surface area contributed by atoms with Crippen molar-refractivity contribution >= 4 is 15.9 Å². The van der Waals surface area contributed by atoms with Crippen LogP contribution in [0.25, 0.3) is 0 Å². The first kappa shape index (κ1) is 15.2. The van der Waals surface area contributed by atoms with Gasteiger partial charge in [0.2, 0.25) is 0 Å². The van der Waals surface area contributed by atoms with E-state index in [1.807, 2.05) is 12.3 Å². The van der Waals surface area contributed by atoms with Crippen LogP contribution in [0.15, 0.2) is 47.1 Å². The molecule has 2 rings (SSSR count). The van der Waals surface area contributed by atoms with E-state index in [2.05, 4.69) is 77.3 Å². The van der Waals surface area contributed by atoms with Gasteiger partial charge in [-0.05, 0) is 42.8 Å². The van der Waals surface area contributed by atoms with Crippen LogP contribution in [0.2, 0.25) is 0 Å². The average Bonchev–Trinajstić information content (AvgIpc) is 2.48. The molecule has 0 fully saturated rings. The molecular weight excluding hydrogens is 312 g/mol. The molecule has 1 heterocycles. The molecule has 0 spiro atoms. The maximum absolute atomic E-state index is 4.50. The van der Waals surface area contributed by atoms with Gasteiger partial charge in [-0.3, -0.25) is 4.98 Å². The number of benzene rings is 1. The predicted octanol–water partition coefficient (Wildman–Crippen LogP) is 4.61. The third-order valence-corrected chi connectivity index (χ3v) is 4.51. The molecule has 1 N–H and O–H groups in total. The van der Waals surface area contributed by atoms with Gasteiger partial charge in [0.1, 0.15) is 0 Å². The van der Waals surface area contributed by atoms with Crippen LogP contribution in [-0.2, 0) is 0 Å². The Kier molecular flexibility index (Phi) is 5.32. The van der Waals surface area contributed by atoms with Crippen molar-refractivity contribution in [3.05, 3.63) is 63.9 Å². The second-order valence-corrected chi connectivity index (χ2v) is 5.94. The molecule has 1 aromatic heterocycles. The predicted molar refractivity (Wildman–Crippen MR) is 87.9 cm³/mol. The molecule has 0 saturated heterocycles. The fourth-order valence-electron chi connectivity index (χ4n) is 2.48. The van der Waals surface area contributed by atoms with E-state index in [1.54, 1.807) is 0 Å². The van der Waals surface area contributed by atoms with Crippen molar-refractivity contribution < 1.29 is 0 Å². The third-order valence-electron chi connectivity index (χ3n) is 3.62. The van der Waals surface area contributed by atoms with E-state index in [1.165, 1.54) is 11.1 Å². The summed E-state index contributed by atoms with van der Waals surface area (Å²) in [4.78, 5) is 4.50. The largest absolute Gasteiger partial charge is 0.310 e. The standard InChI is InChI=1S/C17H21BrN2/c1-4-19-17(13(3)16-7-5-6-10-20-16)14-8-9-15(18)12(2)11-14/h5-11,13,17,19H,4H2,1-3H3. The molecule has 0 aliphatic heterocycles. The molecule has 0 radical (unpaired) electrons. The van der Waals surface area contributed by atoms with Crippen molar-refractivity contribution in [2.45, 2.75) is 32.7 Å². The third kappa shape index (κ3) is 3.47. The first-order chi connectivity index (χ1) is 9.63. The second kappa shape index (κ2) is 7.00. The van der Waals surface area contributed by atoms with Gasteiger partial charge in [0.15, 0.2) is 0 Å². The van der Waals surface area contributed by atoms with E-state index in [4.69, 9.17) is 0 Å². The lowest BCUT2D eigenvalue weighted by atomic mass is 9.90. The van der Waals surface area contributed by atoms with Crippen LogP contribution in [0, 0.1) is 6.92 Å². The highest BCUT2D eigenvalue weighted by Crippen LogP contribution is 2.31. The van der Waals surface area contributed by atoms with Crippen LogP contribution in [0.4, 0.5) is 0 Å². The molecule has 2 aromatic rings. The van der Waals surface area contributed by atoms with Gasteiger partial charge in [0.05, 0.1) is 0 Å². The summed E-state index contributed by atoms with van der Waals surface area (Å²) in [5, 5.41) is 3.59. The van der Waals surface area contributed by atoms with Crippen molar-refractivity contribution in [1.82, 2.24) is 10.3 Å². The highest BCUT2D eigenvalue weighted by atomic mass is 79.9. The van der Waals surface area contributed by atoms with Crippen LogP contribution in [-0.4, -0.2) is 11.5 Å². The summed E-state index contributed by atoms with van der Waals surface area (Å²) in [6.45, 7) is 7.44. The van der Waals surface area contributed by atoms with Crippen molar-refractivity contribution in [2.75, 3.05) is 6.54 Å². The number of likely N-dealkylation sites (N-methyl/N-ethyl adjacent to an activating group) is 1. The van der Waals surface area contributed by atoms with Gasteiger partial charge in [-0.25, -0.2) is 0 Å².